The lowest BCUT2D eigenvalue weighted by atomic mass is 10.3. The number of nitrogens with zero attached hydrogens (tertiary/aromatic N) is 1. The number of rotatable bonds is 3. The number of hydrogen-bond donors (Lipinski definition) is 2. The van der Waals surface area contributed by atoms with Gasteiger partial charge in [0, 0.05) is 6.20 Å². The number of anilines is 2. The highest BCUT2D eigenvalue weighted by Crippen LogP contribution is 2.26. The molecular formula is C11H9BrFN3O2S. The molecule has 0 fully saturated rings. The molecule has 2 rings (SSSR count). The lowest BCUT2D eigenvalue weighted by molar-refractivity contribution is 0.572. The van der Waals surface area contributed by atoms with Crippen LogP contribution in [0.15, 0.2) is 46.0 Å². The number of aromatic nitrogens is 1. The lowest BCUT2D eigenvalue weighted by Gasteiger charge is -2.11. The molecule has 0 saturated carbocycles. The second-order valence-corrected chi connectivity index (χ2v) is 5.98. The summed E-state index contributed by atoms with van der Waals surface area (Å²) in [5.41, 5.74) is 5.55. The fraction of sp³-hybridized carbons (Fsp3) is 0. The average Bonchev–Trinajstić information content (AvgIpc) is 2.31. The summed E-state index contributed by atoms with van der Waals surface area (Å²) in [5.74, 6) is -0.910. The van der Waals surface area contributed by atoms with Gasteiger partial charge in [-0.3, -0.25) is 4.72 Å². The van der Waals surface area contributed by atoms with Crippen molar-refractivity contribution in [1.82, 2.24) is 4.98 Å². The predicted molar refractivity (Wildman–Crippen MR) is 73.6 cm³/mol. The Labute approximate surface area is 117 Å². The van der Waals surface area contributed by atoms with Crippen molar-refractivity contribution in [2.24, 2.45) is 0 Å². The number of pyridine rings is 1. The molecule has 8 heteroatoms. The van der Waals surface area contributed by atoms with E-state index in [0.29, 0.717) is 4.60 Å². The Morgan fingerprint density at radius 3 is 2.63 bits per heavy atom. The van der Waals surface area contributed by atoms with Crippen LogP contribution in [0.1, 0.15) is 0 Å². The summed E-state index contributed by atoms with van der Waals surface area (Å²) in [6, 6.07) is 6.72. The molecule has 0 bridgehead atoms. The highest BCUT2D eigenvalue weighted by Gasteiger charge is 2.23. The molecule has 100 valence electrons. The number of nitrogen functional groups attached to an aromatic ring is 1. The van der Waals surface area contributed by atoms with Gasteiger partial charge in [-0.15, -0.1) is 0 Å². The molecule has 0 unspecified atom stereocenters. The fourth-order valence-corrected chi connectivity index (χ4v) is 3.21. The van der Waals surface area contributed by atoms with E-state index in [1.165, 1.54) is 24.4 Å². The highest BCUT2D eigenvalue weighted by molar-refractivity contribution is 9.10. The van der Waals surface area contributed by atoms with Gasteiger partial charge in [0.2, 0.25) is 0 Å². The minimum atomic E-state index is -4.12. The van der Waals surface area contributed by atoms with Crippen LogP contribution in [0.3, 0.4) is 0 Å². The Balaban J connectivity index is 2.47. The summed E-state index contributed by atoms with van der Waals surface area (Å²) >= 11 is 3.10. The maximum atomic E-state index is 13.6. The quantitative estimate of drug-likeness (QED) is 0.660. The molecule has 0 aliphatic heterocycles. The van der Waals surface area contributed by atoms with Crippen LogP contribution in [-0.2, 0) is 10.0 Å². The Morgan fingerprint density at radius 2 is 2.00 bits per heavy atom. The normalized spacial score (nSPS) is 11.3. The molecule has 5 nitrogen and oxygen atoms in total. The second kappa shape index (κ2) is 5.14. The van der Waals surface area contributed by atoms with Crippen LogP contribution in [0, 0.1) is 5.82 Å². The van der Waals surface area contributed by atoms with E-state index in [9.17, 15) is 12.8 Å². The monoisotopic (exact) mass is 345 g/mol. The van der Waals surface area contributed by atoms with E-state index in [1.807, 2.05) is 0 Å². The topological polar surface area (TPSA) is 85.1 Å². The van der Waals surface area contributed by atoms with Gasteiger partial charge in [0.25, 0.3) is 10.0 Å². The SMILES string of the molecule is Nc1cccc(F)c1S(=O)(=O)Nc1cccnc1Br. The Morgan fingerprint density at radius 1 is 1.26 bits per heavy atom. The maximum Gasteiger partial charge on any atom is 0.266 e. The standard InChI is InChI=1S/C11H9BrFN3O2S/c12-11-9(5-2-6-15-11)16-19(17,18)10-7(13)3-1-4-8(10)14/h1-6,16H,14H2. The summed E-state index contributed by atoms with van der Waals surface area (Å²) in [4.78, 5) is 3.29. The van der Waals surface area contributed by atoms with Gasteiger partial charge in [-0.2, -0.15) is 0 Å². The van der Waals surface area contributed by atoms with E-state index < -0.39 is 20.7 Å². The van der Waals surface area contributed by atoms with Gasteiger partial charge < -0.3 is 5.73 Å². The molecule has 1 aromatic heterocycles. The number of benzene rings is 1. The van der Waals surface area contributed by atoms with Gasteiger partial charge in [-0.25, -0.2) is 17.8 Å². The Kier molecular flexibility index (Phi) is 3.72. The van der Waals surface area contributed by atoms with Crippen molar-refractivity contribution in [1.29, 1.82) is 0 Å². The van der Waals surface area contributed by atoms with Crippen LogP contribution in [0.4, 0.5) is 15.8 Å². The number of nitrogens with two attached hydrogens (primary N) is 1. The summed E-state index contributed by atoms with van der Waals surface area (Å²) in [5, 5.41) is 0. The van der Waals surface area contributed by atoms with Crippen LogP contribution in [0.25, 0.3) is 0 Å². The van der Waals surface area contributed by atoms with E-state index in [-0.39, 0.29) is 11.4 Å². The second-order valence-electron chi connectivity index (χ2n) is 3.61. The molecule has 1 aromatic carbocycles. The number of sulfonamides is 1. The summed E-state index contributed by atoms with van der Waals surface area (Å²) in [6.45, 7) is 0. The number of nitrogens with one attached hydrogen (secondary N) is 1. The lowest BCUT2D eigenvalue weighted by Crippen LogP contribution is -2.17. The van der Waals surface area contributed by atoms with Crippen LogP contribution in [0.2, 0.25) is 0 Å². The van der Waals surface area contributed by atoms with Crippen molar-refractivity contribution in [2.75, 3.05) is 10.5 Å². The molecule has 0 atom stereocenters. The van der Waals surface area contributed by atoms with Crippen LogP contribution >= 0.6 is 15.9 Å². The van der Waals surface area contributed by atoms with Crippen molar-refractivity contribution in [2.45, 2.75) is 4.90 Å². The molecule has 0 saturated heterocycles. The third kappa shape index (κ3) is 2.85. The van der Waals surface area contributed by atoms with Crippen molar-refractivity contribution in [3.63, 3.8) is 0 Å². The Bertz CT molecular complexity index is 701. The molecule has 0 amide bonds. The molecule has 3 N–H and O–H groups in total. The van der Waals surface area contributed by atoms with Gasteiger partial charge in [-0.05, 0) is 40.2 Å². The van der Waals surface area contributed by atoms with Crippen molar-refractivity contribution in [3.05, 3.63) is 46.9 Å². The first-order chi connectivity index (χ1) is 8.92. The fourth-order valence-electron chi connectivity index (χ4n) is 1.47. The van der Waals surface area contributed by atoms with Crippen LogP contribution in [0.5, 0.6) is 0 Å². The molecule has 19 heavy (non-hydrogen) atoms. The number of halogens is 2. The molecule has 1 heterocycles. The third-order valence-electron chi connectivity index (χ3n) is 2.27. The van der Waals surface area contributed by atoms with E-state index >= 15 is 0 Å². The summed E-state index contributed by atoms with van der Waals surface area (Å²) in [7, 11) is -4.12. The van der Waals surface area contributed by atoms with E-state index in [4.69, 9.17) is 5.73 Å². The molecule has 0 radical (unpaired) electrons. The average molecular weight is 346 g/mol. The molecular weight excluding hydrogens is 337 g/mol. The van der Waals surface area contributed by atoms with Gasteiger partial charge >= 0.3 is 0 Å². The van der Waals surface area contributed by atoms with Crippen LogP contribution < -0.4 is 10.5 Å². The summed E-state index contributed by atoms with van der Waals surface area (Å²) in [6.07, 6.45) is 1.49. The molecule has 0 aliphatic carbocycles. The van der Waals surface area contributed by atoms with Gasteiger partial charge in [0.05, 0.1) is 11.4 Å². The summed E-state index contributed by atoms with van der Waals surface area (Å²) < 4.78 is 40.4. The first-order valence-corrected chi connectivity index (χ1v) is 7.37. The van der Waals surface area contributed by atoms with E-state index in [2.05, 4.69) is 25.6 Å². The smallest absolute Gasteiger partial charge is 0.266 e. The maximum absolute atomic E-state index is 13.6. The first kappa shape index (κ1) is 13.8. The number of hydrogen-bond acceptors (Lipinski definition) is 4. The Hall–Kier alpha value is -1.67. The van der Waals surface area contributed by atoms with Gasteiger partial charge in [0.15, 0.2) is 0 Å². The van der Waals surface area contributed by atoms with E-state index in [1.54, 1.807) is 6.07 Å². The zero-order chi connectivity index (χ0) is 14.0. The van der Waals surface area contributed by atoms with Crippen molar-refractivity contribution < 1.29 is 12.8 Å². The zero-order valence-corrected chi connectivity index (χ0v) is 11.9. The van der Waals surface area contributed by atoms with Crippen molar-refractivity contribution >= 4 is 37.3 Å². The predicted octanol–water partition coefficient (Wildman–Crippen LogP) is 2.37. The van der Waals surface area contributed by atoms with Crippen molar-refractivity contribution in [3.8, 4) is 0 Å². The molecule has 0 spiro atoms. The minimum Gasteiger partial charge on any atom is -0.398 e. The van der Waals surface area contributed by atoms with E-state index in [0.717, 1.165) is 6.07 Å². The van der Waals surface area contributed by atoms with Gasteiger partial charge in [-0.1, -0.05) is 6.07 Å². The molecule has 0 aliphatic rings. The molecule has 2 aromatic rings. The first-order valence-electron chi connectivity index (χ1n) is 5.09. The third-order valence-corrected chi connectivity index (χ3v) is 4.36. The van der Waals surface area contributed by atoms with Crippen LogP contribution in [-0.4, -0.2) is 13.4 Å². The minimum absolute atomic E-state index is 0.160. The zero-order valence-electron chi connectivity index (χ0n) is 9.47. The largest absolute Gasteiger partial charge is 0.398 e. The van der Waals surface area contributed by atoms with Gasteiger partial charge in [0.1, 0.15) is 15.3 Å². The highest BCUT2D eigenvalue weighted by atomic mass is 79.9.